The van der Waals surface area contributed by atoms with Crippen LogP contribution in [0.15, 0.2) is 30.7 Å². The summed E-state index contributed by atoms with van der Waals surface area (Å²) in [4.78, 5) is 22.9. The second-order valence-electron chi connectivity index (χ2n) is 6.66. The van der Waals surface area contributed by atoms with Crippen molar-refractivity contribution >= 4 is 11.7 Å². The monoisotopic (exact) mass is 354 g/mol. The lowest BCUT2D eigenvalue weighted by Gasteiger charge is -2.32. The van der Waals surface area contributed by atoms with Gasteiger partial charge in [-0.2, -0.15) is 0 Å². The Morgan fingerprint density at radius 1 is 1.27 bits per heavy atom. The number of likely N-dealkylation sites (tertiary alicyclic amines) is 1. The molecule has 4 rings (SSSR count). The van der Waals surface area contributed by atoms with Gasteiger partial charge in [-0.1, -0.05) is 0 Å². The maximum atomic E-state index is 12.8. The number of aryl methyl sites for hydroxylation is 1. The van der Waals surface area contributed by atoms with Crippen LogP contribution < -0.4 is 14.8 Å². The molecule has 0 spiro atoms. The highest BCUT2D eigenvalue weighted by Crippen LogP contribution is 2.35. The van der Waals surface area contributed by atoms with Crippen molar-refractivity contribution < 1.29 is 14.3 Å². The predicted octanol–water partition coefficient (Wildman–Crippen LogP) is 2.97. The second kappa shape index (κ2) is 7.19. The number of benzene rings is 1. The van der Waals surface area contributed by atoms with Gasteiger partial charge in [-0.3, -0.25) is 0 Å². The van der Waals surface area contributed by atoms with Gasteiger partial charge in [0.15, 0.2) is 11.5 Å². The smallest absolute Gasteiger partial charge is 0.321 e. The van der Waals surface area contributed by atoms with E-state index in [0.29, 0.717) is 25.5 Å². The average molecular weight is 354 g/mol. The lowest BCUT2D eigenvalue weighted by atomic mass is 9.95. The normalized spacial score (nSPS) is 19.1. The molecule has 2 aromatic rings. The number of ether oxygens (including phenoxy) is 2. The molecular weight excluding hydrogens is 332 g/mol. The Bertz CT molecular complexity index is 797. The number of aromatic nitrogens is 2. The minimum atomic E-state index is -0.0940. The third kappa shape index (κ3) is 3.42. The molecule has 3 heterocycles. The molecule has 0 unspecified atom stereocenters. The number of urea groups is 1. The van der Waals surface area contributed by atoms with Crippen LogP contribution in [0.3, 0.4) is 0 Å². The van der Waals surface area contributed by atoms with E-state index in [-0.39, 0.29) is 11.9 Å². The van der Waals surface area contributed by atoms with E-state index in [4.69, 9.17) is 9.47 Å². The van der Waals surface area contributed by atoms with Gasteiger partial charge in [0.25, 0.3) is 0 Å². The molecule has 136 valence electrons. The molecule has 0 saturated carbocycles. The fourth-order valence-electron chi connectivity index (χ4n) is 3.46. The number of hydrogen-bond donors (Lipinski definition) is 1. The molecule has 1 aromatic heterocycles. The molecule has 0 aliphatic carbocycles. The highest BCUT2D eigenvalue weighted by Gasteiger charge is 2.26. The maximum Gasteiger partial charge on any atom is 0.321 e. The van der Waals surface area contributed by atoms with Crippen molar-refractivity contribution in [3.8, 4) is 11.5 Å². The molecule has 2 aliphatic rings. The van der Waals surface area contributed by atoms with Crippen molar-refractivity contribution in [3.63, 3.8) is 0 Å². The molecule has 1 fully saturated rings. The zero-order chi connectivity index (χ0) is 17.9. The van der Waals surface area contributed by atoms with Crippen LogP contribution >= 0.6 is 0 Å². The Balaban J connectivity index is 1.46. The summed E-state index contributed by atoms with van der Waals surface area (Å²) in [5.74, 6) is 1.65. The SMILES string of the molecule is Cc1cc2c(cc1NC(=O)N1CCC[C@H](c3ccncn3)C1)OCCO2. The first kappa shape index (κ1) is 16.6. The van der Waals surface area contributed by atoms with E-state index in [2.05, 4.69) is 15.3 Å². The van der Waals surface area contributed by atoms with Crippen LogP contribution in [0.1, 0.15) is 30.0 Å². The molecule has 1 saturated heterocycles. The molecule has 2 amide bonds. The zero-order valence-corrected chi connectivity index (χ0v) is 14.8. The van der Waals surface area contributed by atoms with Crippen molar-refractivity contribution in [2.45, 2.75) is 25.7 Å². The van der Waals surface area contributed by atoms with Crippen LogP contribution in [0.25, 0.3) is 0 Å². The first-order valence-corrected chi connectivity index (χ1v) is 8.93. The first-order valence-electron chi connectivity index (χ1n) is 8.93. The van der Waals surface area contributed by atoms with Crippen LogP contribution in [-0.4, -0.2) is 47.2 Å². The van der Waals surface area contributed by atoms with Crippen LogP contribution in [0.5, 0.6) is 11.5 Å². The minimum Gasteiger partial charge on any atom is -0.486 e. The summed E-state index contributed by atoms with van der Waals surface area (Å²) in [7, 11) is 0. The Morgan fingerprint density at radius 3 is 2.85 bits per heavy atom. The van der Waals surface area contributed by atoms with E-state index in [0.717, 1.165) is 42.1 Å². The van der Waals surface area contributed by atoms with Crippen LogP contribution in [0, 0.1) is 6.92 Å². The number of rotatable bonds is 2. The Kier molecular flexibility index (Phi) is 4.60. The number of amides is 2. The van der Waals surface area contributed by atoms with Crippen molar-refractivity contribution in [1.29, 1.82) is 0 Å². The number of nitrogens with one attached hydrogen (secondary N) is 1. The largest absolute Gasteiger partial charge is 0.486 e. The summed E-state index contributed by atoms with van der Waals surface area (Å²) in [5.41, 5.74) is 2.70. The second-order valence-corrected chi connectivity index (χ2v) is 6.66. The molecule has 1 aromatic carbocycles. The maximum absolute atomic E-state index is 12.8. The number of carbonyl (C=O) groups is 1. The van der Waals surface area contributed by atoms with Gasteiger partial charge in [0, 0.05) is 42.7 Å². The fourth-order valence-corrected chi connectivity index (χ4v) is 3.46. The van der Waals surface area contributed by atoms with Gasteiger partial charge in [-0.05, 0) is 37.5 Å². The Morgan fingerprint density at radius 2 is 2.08 bits per heavy atom. The summed E-state index contributed by atoms with van der Waals surface area (Å²) in [6.45, 7) is 4.43. The minimum absolute atomic E-state index is 0.0940. The summed E-state index contributed by atoms with van der Waals surface area (Å²) in [6, 6.07) is 5.58. The topological polar surface area (TPSA) is 76.6 Å². The van der Waals surface area contributed by atoms with Crippen molar-refractivity contribution in [2.75, 3.05) is 31.6 Å². The van der Waals surface area contributed by atoms with E-state index in [1.165, 1.54) is 0 Å². The highest BCUT2D eigenvalue weighted by molar-refractivity contribution is 5.90. The number of anilines is 1. The molecule has 7 nitrogen and oxygen atoms in total. The van der Waals surface area contributed by atoms with E-state index < -0.39 is 0 Å². The van der Waals surface area contributed by atoms with E-state index in [1.54, 1.807) is 12.5 Å². The molecule has 0 radical (unpaired) electrons. The quantitative estimate of drug-likeness (QED) is 0.897. The van der Waals surface area contributed by atoms with E-state index in [1.807, 2.05) is 30.0 Å². The predicted molar refractivity (Wildman–Crippen MR) is 96.8 cm³/mol. The van der Waals surface area contributed by atoms with Crippen molar-refractivity contribution in [3.05, 3.63) is 42.0 Å². The summed E-state index contributed by atoms with van der Waals surface area (Å²) in [5, 5.41) is 3.02. The number of nitrogens with zero attached hydrogens (tertiary/aromatic N) is 3. The highest BCUT2D eigenvalue weighted by atomic mass is 16.6. The van der Waals surface area contributed by atoms with Crippen LogP contribution in [-0.2, 0) is 0 Å². The first-order chi connectivity index (χ1) is 12.7. The lowest BCUT2D eigenvalue weighted by Crippen LogP contribution is -2.41. The van der Waals surface area contributed by atoms with Crippen molar-refractivity contribution in [2.24, 2.45) is 0 Å². The molecule has 1 N–H and O–H groups in total. The molecule has 26 heavy (non-hydrogen) atoms. The van der Waals surface area contributed by atoms with Gasteiger partial charge in [-0.15, -0.1) is 0 Å². The number of carbonyl (C=O) groups excluding carboxylic acids is 1. The zero-order valence-electron chi connectivity index (χ0n) is 14.8. The summed E-state index contributed by atoms with van der Waals surface area (Å²) in [6.07, 6.45) is 5.30. The Labute approximate surface area is 152 Å². The van der Waals surface area contributed by atoms with E-state index >= 15 is 0 Å². The lowest BCUT2D eigenvalue weighted by molar-refractivity contribution is 0.171. The van der Waals surface area contributed by atoms with Gasteiger partial charge in [-0.25, -0.2) is 14.8 Å². The summed E-state index contributed by atoms with van der Waals surface area (Å²) >= 11 is 0. The number of piperidine rings is 1. The molecule has 2 aliphatic heterocycles. The van der Waals surface area contributed by atoms with E-state index in [9.17, 15) is 4.79 Å². The third-order valence-electron chi connectivity index (χ3n) is 4.86. The number of fused-ring (bicyclic) bond motifs is 1. The van der Waals surface area contributed by atoms with Crippen LogP contribution in [0.2, 0.25) is 0 Å². The third-order valence-corrected chi connectivity index (χ3v) is 4.86. The standard InChI is InChI=1S/C19H22N4O3/c1-13-9-17-18(26-8-7-25-17)10-16(13)22-19(24)23-6-2-3-14(11-23)15-4-5-20-12-21-15/h4-5,9-10,12,14H,2-3,6-8,11H2,1H3,(H,22,24)/t14-/m0/s1. The fraction of sp³-hybridized carbons (Fsp3) is 0.421. The summed E-state index contributed by atoms with van der Waals surface area (Å²) < 4.78 is 11.2. The average Bonchev–Trinajstić information content (AvgIpc) is 2.69. The molecule has 1 atom stereocenters. The van der Waals surface area contributed by atoms with Gasteiger partial charge in [0.1, 0.15) is 19.5 Å². The Hall–Kier alpha value is -2.83. The van der Waals surface area contributed by atoms with Crippen molar-refractivity contribution in [1.82, 2.24) is 14.9 Å². The molecule has 7 heteroatoms. The number of hydrogen-bond acceptors (Lipinski definition) is 5. The molecule has 0 bridgehead atoms. The van der Waals surface area contributed by atoms with Gasteiger partial charge < -0.3 is 19.7 Å². The molecular formula is C19H22N4O3. The van der Waals surface area contributed by atoms with Gasteiger partial charge >= 0.3 is 6.03 Å². The van der Waals surface area contributed by atoms with Gasteiger partial charge in [0.05, 0.1) is 0 Å². The van der Waals surface area contributed by atoms with Crippen LogP contribution in [0.4, 0.5) is 10.5 Å². The van der Waals surface area contributed by atoms with Gasteiger partial charge in [0.2, 0.25) is 0 Å².